The quantitative estimate of drug-likeness (QED) is 0.275. The summed E-state index contributed by atoms with van der Waals surface area (Å²) < 4.78 is 33.2. The Balaban J connectivity index is 0.00000343. The SMILES string of the molecule is Cl.N[C@H]1CCN(c2c3c(nc4ccc(-c5ccnc(Nc6cccc(S(=O)(=O)N7CCOCC7)c6)c5)cc24)CCCCC3)C1. The molecule has 1 aliphatic carbocycles. The smallest absolute Gasteiger partial charge is 0.243 e. The zero-order valence-electron chi connectivity index (χ0n) is 24.7. The number of nitrogens with two attached hydrogens (primary N) is 1. The summed E-state index contributed by atoms with van der Waals surface area (Å²) in [5.41, 5.74) is 14.2. The van der Waals surface area contributed by atoms with Crippen LogP contribution in [0.15, 0.2) is 65.7 Å². The van der Waals surface area contributed by atoms with Gasteiger partial charge in [0.1, 0.15) is 5.82 Å². The number of aromatic nitrogens is 2. The van der Waals surface area contributed by atoms with Crippen molar-refractivity contribution >= 4 is 50.5 Å². The number of sulfonamides is 1. The van der Waals surface area contributed by atoms with Gasteiger partial charge < -0.3 is 20.7 Å². The molecule has 0 unspecified atom stereocenters. The molecule has 44 heavy (non-hydrogen) atoms. The van der Waals surface area contributed by atoms with Gasteiger partial charge in [-0.05, 0) is 91.3 Å². The maximum atomic E-state index is 13.2. The van der Waals surface area contributed by atoms with Crippen LogP contribution < -0.4 is 16.0 Å². The third kappa shape index (κ3) is 6.14. The van der Waals surface area contributed by atoms with Crippen molar-refractivity contribution in [2.75, 3.05) is 49.6 Å². The van der Waals surface area contributed by atoms with Crippen LogP contribution in [0.3, 0.4) is 0 Å². The van der Waals surface area contributed by atoms with Crippen molar-refractivity contribution in [3.05, 3.63) is 72.1 Å². The Morgan fingerprint density at radius 2 is 1.75 bits per heavy atom. The van der Waals surface area contributed by atoms with Gasteiger partial charge in [0, 0.05) is 55.2 Å². The van der Waals surface area contributed by atoms with Crippen molar-refractivity contribution in [2.45, 2.75) is 49.5 Å². The first-order valence-corrected chi connectivity index (χ1v) is 16.8. The first-order chi connectivity index (χ1) is 21.0. The number of aryl methyl sites for hydroxylation is 1. The molecular formula is C33H39ClN6O3S. The van der Waals surface area contributed by atoms with E-state index in [0.29, 0.717) is 37.8 Å². The molecule has 9 nitrogen and oxygen atoms in total. The summed E-state index contributed by atoms with van der Waals surface area (Å²) in [5, 5.41) is 4.50. The van der Waals surface area contributed by atoms with Crippen LogP contribution in [0.25, 0.3) is 22.0 Å². The van der Waals surface area contributed by atoms with Gasteiger partial charge in [0.05, 0.1) is 29.3 Å². The number of benzene rings is 2. The molecular weight excluding hydrogens is 596 g/mol. The molecule has 0 spiro atoms. The number of pyridine rings is 2. The number of rotatable bonds is 6. The number of hydrogen-bond acceptors (Lipinski definition) is 8. The van der Waals surface area contributed by atoms with E-state index in [1.807, 2.05) is 18.2 Å². The summed E-state index contributed by atoms with van der Waals surface area (Å²) in [6.45, 7) is 3.39. The van der Waals surface area contributed by atoms with E-state index in [1.54, 1.807) is 24.4 Å². The lowest BCUT2D eigenvalue weighted by Gasteiger charge is -2.26. The summed E-state index contributed by atoms with van der Waals surface area (Å²) in [7, 11) is -3.60. The first kappa shape index (κ1) is 30.7. The fraction of sp³-hybridized carbons (Fsp3) is 0.394. The monoisotopic (exact) mass is 634 g/mol. The first-order valence-electron chi connectivity index (χ1n) is 15.3. The molecule has 3 aliphatic rings. The van der Waals surface area contributed by atoms with Gasteiger partial charge >= 0.3 is 0 Å². The number of halogens is 1. The van der Waals surface area contributed by atoms with Gasteiger partial charge in [-0.25, -0.2) is 13.4 Å². The maximum absolute atomic E-state index is 13.2. The Kier molecular flexibility index (Phi) is 9.07. The van der Waals surface area contributed by atoms with Crippen LogP contribution in [-0.2, 0) is 27.6 Å². The van der Waals surface area contributed by atoms with E-state index in [2.05, 4.69) is 33.4 Å². The van der Waals surface area contributed by atoms with Crippen LogP contribution in [0.4, 0.5) is 17.2 Å². The molecule has 2 aliphatic heterocycles. The average molecular weight is 635 g/mol. The zero-order chi connectivity index (χ0) is 29.4. The molecule has 4 aromatic rings. The van der Waals surface area contributed by atoms with Gasteiger partial charge in [0.25, 0.3) is 0 Å². The molecule has 0 bridgehead atoms. The van der Waals surface area contributed by atoms with Gasteiger partial charge in [0.15, 0.2) is 0 Å². The summed E-state index contributed by atoms with van der Waals surface area (Å²) in [6.07, 6.45) is 8.52. The normalized spacial score (nSPS) is 19.3. The summed E-state index contributed by atoms with van der Waals surface area (Å²) >= 11 is 0. The fourth-order valence-corrected chi connectivity index (χ4v) is 8.06. The Morgan fingerprint density at radius 3 is 2.57 bits per heavy atom. The number of nitrogens with zero attached hydrogens (tertiary/aromatic N) is 4. The van der Waals surface area contributed by atoms with E-state index in [4.69, 9.17) is 15.5 Å². The summed E-state index contributed by atoms with van der Waals surface area (Å²) in [6, 6.07) is 17.7. The van der Waals surface area contributed by atoms with Crippen LogP contribution in [0.1, 0.15) is 36.9 Å². The van der Waals surface area contributed by atoms with E-state index in [-0.39, 0.29) is 23.3 Å². The molecule has 0 amide bonds. The van der Waals surface area contributed by atoms with Crippen molar-refractivity contribution in [1.29, 1.82) is 0 Å². The molecule has 0 radical (unpaired) electrons. The standard InChI is InChI=1S/C33H38N6O3S.ClH/c34-25-12-14-38(22-25)33-28-7-2-1-3-8-30(28)37-31-10-9-23(19-29(31)33)24-11-13-35-32(20-24)36-26-5-4-6-27(21-26)43(40,41)39-15-17-42-18-16-39;/h4-6,9-11,13,19-21,25H,1-3,7-8,12,14-18,22,34H2,(H,35,36);1H/t25-;/m0./s1. The van der Waals surface area contributed by atoms with Gasteiger partial charge in [-0.3, -0.25) is 4.98 Å². The van der Waals surface area contributed by atoms with Crippen molar-refractivity contribution in [3.63, 3.8) is 0 Å². The van der Waals surface area contributed by atoms with Gasteiger partial charge in [-0.2, -0.15) is 4.31 Å². The van der Waals surface area contributed by atoms with E-state index >= 15 is 0 Å². The van der Waals surface area contributed by atoms with Crippen LogP contribution >= 0.6 is 12.4 Å². The Hall–Kier alpha value is -3.28. The molecule has 1 atom stereocenters. The molecule has 2 aromatic heterocycles. The van der Waals surface area contributed by atoms with Crippen molar-refractivity contribution in [2.24, 2.45) is 5.73 Å². The number of hydrogen-bond donors (Lipinski definition) is 2. The lowest BCUT2D eigenvalue weighted by Crippen LogP contribution is -2.40. The van der Waals surface area contributed by atoms with Crippen molar-refractivity contribution in [1.82, 2.24) is 14.3 Å². The summed E-state index contributed by atoms with van der Waals surface area (Å²) in [4.78, 5) is 12.4. The Bertz CT molecular complexity index is 1760. The third-order valence-electron chi connectivity index (χ3n) is 8.83. The molecule has 11 heteroatoms. The second-order valence-electron chi connectivity index (χ2n) is 11.8. The summed E-state index contributed by atoms with van der Waals surface area (Å²) in [5.74, 6) is 0.643. The lowest BCUT2D eigenvalue weighted by molar-refractivity contribution is 0.0730. The van der Waals surface area contributed by atoms with Gasteiger partial charge in [0.2, 0.25) is 10.0 Å². The minimum absolute atomic E-state index is 0. The van der Waals surface area contributed by atoms with E-state index in [1.165, 1.54) is 45.9 Å². The molecule has 232 valence electrons. The predicted octanol–water partition coefficient (Wildman–Crippen LogP) is 5.29. The second kappa shape index (κ2) is 13.0. The number of ether oxygens (including phenoxy) is 1. The highest BCUT2D eigenvalue weighted by molar-refractivity contribution is 7.89. The molecule has 2 aromatic carbocycles. The molecule has 3 N–H and O–H groups in total. The maximum Gasteiger partial charge on any atom is 0.243 e. The number of anilines is 3. The molecule has 0 saturated carbocycles. The molecule has 4 heterocycles. The largest absolute Gasteiger partial charge is 0.379 e. The zero-order valence-corrected chi connectivity index (χ0v) is 26.4. The van der Waals surface area contributed by atoms with Crippen molar-refractivity contribution < 1.29 is 13.2 Å². The fourth-order valence-electron chi connectivity index (χ4n) is 6.60. The number of nitrogens with one attached hydrogen (secondary N) is 1. The minimum Gasteiger partial charge on any atom is -0.379 e. The highest BCUT2D eigenvalue weighted by Crippen LogP contribution is 2.39. The van der Waals surface area contributed by atoms with Crippen LogP contribution in [0.2, 0.25) is 0 Å². The second-order valence-corrected chi connectivity index (χ2v) is 13.7. The van der Waals surface area contributed by atoms with E-state index < -0.39 is 10.0 Å². The minimum atomic E-state index is -3.60. The van der Waals surface area contributed by atoms with Crippen LogP contribution in [0.5, 0.6) is 0 Å². The predicted molar refractivity (Wildman–Crippen MR) is 178 cm³/mol. The van der Waals surface area contributed by atoms with E-state index in [0.717, 1.165) is 49.0 Å². The van der Waals surface area contributed by atoms with E-state index in [9.17, 15) is 8.42 Å². The molecule has 7 rings (SSSR count). The topological polar surface area (TPSA) is 114 Å². The van der Waals surface area contributed by atoms with Crippen LogP contribution in [0, 0.1) is 0 Å². The average Bonchev–Trinajstić information content (AvgIpc) is 3.32. The van der Waals surface area contributed by atoms with Crippen LogP contribution in [-0.4, -0.2) is 68.1 Å². The molecule has 2 saturated heterocycles. The Morgan fingerprint density at radius 1 is 0.932 bits per heavy atom. The lowest BCUT2D eigenvalue weighted by atomic mass is 9.97. The van der Waals surface area contributed by atoms with Crippen molar-refractivity contribution in [3.8, 4) is 11.1 Å². The molecule has 2 fully saturated rings. The number of morpholine rings is 1. The third-order valence-corrected chi connectivity index (χ3v) is 10.7. The highest BCUT2D eigenvalue weighted by Gasteiger charge is 2.28. The van der Waals surface area contributed by atoms with Gasteiger partial charge in [-0.15, -0.1) is 12.4 Å². The highest BCUT2D eigenvalue weighted by atomic mass is 35.5. The Labute approximate surface area is 265 Å². The number of fused-ring (bicyclic) bond motifs is 2. The van der Waals surface area contributed by atoms with Gasteiger partial charge in [-0.1, -0.05) is 18.6 Å².